The van der Waals surface area contributed by atoms with E-state index in [4.69, 9.17) is 18.4 Å². The van der Waals surface area contributed by atoms with Crippen LogP contribution in [0.15, 0.2) is 69.8 Å². The van der Waals surface area contributed by atoms with Gasteiger partial charge in [0.2, 0.25) is 5.82 Å². The van der Waals surface area contributed by atoms with Gasteiger partial charge < -0.3 is 23.7 Å². The molecule has 0 fully saturated rings. The van der Waals surface area contributed by atoms with Crippen LogP contribution in [0.25, 0.3) is 22.8 Å². The van der Waals surface area contributed by atoms with Gasteiger partial charge in [0.15, 0.2) is 17.3 Å². The second-order valence-corrected chi connectivity index (χ2v) is 6.01. The Kier molecular flexibility index (Phi) is 4.98. The number of rotatable bonds is 6. The maximum Gasteiger partial charge on any atom is 0.291 e. The van der Waals surface area contributed by atoms with Crippen molar-refractivity contribution in [3.63, 3.8) is 0 Å². The predicted molar refractivity (Wildman–Crippen MR) is 105 cm³/mol. The molecule has 0 radical (unpaired) electrons. The molecule has 4 aromatic rings. The summed E-state index contributed by atoms with van der Waals surface area (Å²) in [4.78, 5) is 16.6. The van der Waals surface area contributed by atoms with Crippen molar-refractivity contribution < 1.29 is 23.2 Å². The molecule has 1 N–H and O–H groups in total. The Balaban J connectivity index is 1.57. The lowest BCUT2D eigenvalue weighted by Gasteiger charge is -2.07. The van der Waals surface area contributed by atoms with Crippen molar-refractivity contribution in [1.82, 2.24) is 10.1 Å². The minimum Gasteiger partial charge on any atom is -0.493 e. The summed E-state index contributed by atoms with van der Waals surface area (Å²) in [5, 5.41) is 6.81. The Bertz CT molecular complexity index is 1130. The van der Waals surface area contributed by atoms with E-state index in [0.29, 0.717) is 34.5 Å². The van der Waals surface area contributed by atoms with E-state index in [2.05, 4.69) is 15.5 Å². The third-order valence-electron chi connectivity index (χ3n) is 4.18. The van der Waals surface area contributed by atoms with Crippen molar-refractivity contribution in [2.24, 2.45) is 0 Å². The van der Waals surface area contributed by atoms with E-state index in [9.17, 15) is 4.79 Å². The summed E-state index contributed by atoms with van der Waals surface area (Å²) in [6, 6.07) is 15.7. The zero-order valence-electron chi connectivity index (χ0n) is 15.7. The first-order valence-electron chi connectivity index (χ1n) is 8.69. The number of nitrogens with zero attached hydrogens (tertiary/aromatic N) is 2. The van der Waals surface area contributed by atoms with Crippen molar-refractivity contribution in [3.8, 4) is 34.3 Å². The molecule has 146 valence electrons. The summed E-state index contributed by atoms with van der Waals surface area (Å²) in [5.41, 5.74) is 1.97. The standard InChI is InChI=1S/C21H17N3O5/c1-26-16-9-8-13(12-18(16)27-2)19-23-21(29-24-19)14-5-3-6-15(11-14)22-20(25)17-7-4-10-28-17/h3-12H,1-2H3,(H,22,25). The van der Waals surface area contributed by atoms with Gasteiger partial charge in [-0.1, -0.05) is 11.2 Å². The monoisotopic (exact) mass is 391 g/mol. The van der Waals surface area contributed by atoms with Crippen LogP contribution in [0.4, 0.5) is 5.69 Å². The number of benzene rings is 2. The van der Waals surface area contributed by atoms with E-state index in [1.165, 1.54) is 6.26 Å². The average Bonchev–Trinajstić information content (AvgIpc) is 3.46. The van der Waals surface area contributed by atoms with E-state index in [1.807, 2.05) is 12.1 Å². The van der Waals surface area contributed by atoms with Crippen LogP contribution in [0, 0.1) is 0 Å². The number of hydrogen-bond acceptors (Lipinski definition) is 7. The normalized spacial score (nSPS) is 10.6. The summed E-state index contributed by atoms with van der Waals surface area (Å²) in [7, 11) is 3.13. The number of carbonyl (C=O) groups is 1. The lowest BCUT2D eigenvalue weighted by atomic mass is 10.2. The SMILES string of the molecule is COc1ccc(-c2noc(-c3cccc(NC(=O)c4ccco4)c3)n2)cc1OC. The molecule has 0 atom stereocenters. The Hall–Kier alpha value is -4.07. The van der Waals surface area contributed by atoms with Gasteiger partial charge in [-0.3, -0.25) is 4.79 Å². The van der Waals surface area contributed by atoms with Gasteiger partial charge in [-0.25, -0.2) is 0 Å². The smallest absolute Gasteiger partial charge is 0.291 e. The molecule has 4 rings (SSSR count). The summed E-state index contributed by atoms with van der Waals surface area (Å²) in [6.45, 7) is 0. The second kappa shape index (κ2) is 7.89. The number of ether oxygens (including phenoxy) is 2. The number of hydrogen-bond donors (Lipinski definition) is 1. The number of anilines is 1. The first kappa shape index (κ1) is 18.3. The van der Waals surface area contributed by atoms with Gasteiger partial charge in [-0.15, -0.1) is 0 Å². The van der Waals surface area contributed by atoms with Crippen LogP contribution in [0.2, 0.25) is 0 Å². The van der Waals surface area contributed by atoms with Gasteiger partial charge in [0, 0.05) is 16.8 Å². The Morgan fingerprint density at radius 2 is 1.83 bits per heavy atom. The summed E-state index contributed by atoms with van der Waals surface area (Å²) < 4.78 is 21.1. The quantitative estimate of drug-likeness (QED) is 0.524. The van der Waals surface area contributed by atoms with Crippen molar-refractivity contribution in [3.05, 3.63) is 66.6 Å². The van der Waals surface area contributed by atoms with Crippen molar-refractivity contribution in [2.45, 2.75) is 0 Å². The number of aromatic nitrogens is 2. The highest BCUT2D eigenvalue weighted by Crippen LogP contribution is 2.32. The molecule has 0 saturated carbocycles. The molecule has 0 aliphatic carbocycles. The van der Waals surface area contributed by atoms with E-state index >= 15 is 0 Å². The molecule has 0 aliphatic rings. The number of carbonyl (C=O) groups excluding carboxylic acids is 1. The van der Waals surface area contributed by atoms with Gasteiger partial charge in [0.1, 0.15) is 0 Å². The minimum absolute atomic E-state index is 0.226. The lowest BCUT2D eigenvalue weighted by Crippen LogP contribution is -2.10. The van der Waals surface area contributed by atoms with Gasteiger partial charge in [-0.2, -0.15) is 4.98 Å². The molecular formula is C21H17N3O5. The van der Waals surface area contributed by atoms with Gasteiger partial charge in [-0.05, 0) is 48.5 Å². The molecule has 0 unspecified atom stereocenters. The lowest BCUT2D eigenvalue weighted by molar-refractivity contribution is 0.0996. The van der Waals surface area contributed by atoms with Crippen LogP contribution in [-0.4, -0.2) is 30.3 Å². The zero-order chi connectivity index (χ0) is 20.2. The number of methoxy groups -OCH3 is 2. The molecule has 2 aromatic carbocycles. The van der Waals surface area contributed by atoms with Crippen LogP contribution in [-0.2, 0) is 0 Å². The topological polar surface area (TPSA) is 99.6 Å². The van der Waals surface area contributed by atoms with Crippen molar-refractivity contribution in [2.75, 3.05) is 19.5 Å². The highest BCUT2D eigenvalue weighted by Gasteiger charge is 2.15. The molecule has 0 spiro atoms. The van der Waals surface area contributed by atoms with E-state index in [0.717, 1.165) is 5.56 Å². The van der Waals surface area contributed by atoms with Crippen LogP contribution in [0.5, 0.6) is 11.5 Å². The first-order chi connectivity index (χ1) is 14.2. The van der Waals surface area contributed by atoms with Crippen LogP contribution in [0.3, 0.4) is 0 Å². The fourth-order valence-electron chi connectivity index (χ4n) is 2.76. The fraction of sp³-hybridized carbons (Fsp3) is 0.0952. The van der Waals surface area contributed by atoms with Crippen LogP contribution >= 0.6 is 0 Å². The molecule has 2 aromatic heterocycles. The molecule has 1 amide bonds. The van der Waals surface area contributed by atoms with Gasteiger partial charge in [0.25, 0.3) is 11.8 Å². The van der Waals surface area contributed by atoms with Gasteiger partial charge in [0.05, 0.1) is 20.5 Å². The summed E-state index contributed by atoms with van der Waals surface area (Å²) in [6.07, 6.45) is 1.44. The molecule has 0 aliphatic heterocycles. The zero-order valence-corrected chi connectivity index (χ0v) is 15.7. The van der Waals surface area contributed by atoms with Crippen LogP contribution in [0.1, 0.15) is 10.6 Å². The maximum absolute atomic E-state index is 12.1. The molecule has 0 bridgehead atoms. The minimum atomic E-state index is -0.344. The second-order valence-electron chi connectivity index (χ2n) is 6.01. The van der Waals surface area contributed by atoms with E-state index in [-0.39, 0.29) is 11.7 Å². The molecule has 0 saturated heterocycles. The van der Waals surface area contributed by atoms with E-state index < -0.39 is 0 Å². The molecule has 2 heterocycles. The van der Waals surface area contributed by atoms with Crippen LogP contribution < -0.4 is 14.8 Å². The Morgan fingerprint density at radius 1 is 0.966 bits per heavy atom. The number of nitrogens with one attached hydrogen (secondary N) is 1. The van der Waals surface area contributed by atoms with E-state index in [1.54, 1.807) is 56.7 Å². The molecule has 29 heavy (non-hydrogen) atoms. The fourth-order valence-corrected chi connectivity index (χ4v) is 2.76. The number of furan rings is 1. The highest BCUT2D eigenvalue weighted by molar-refractivity contribution is 6.02. The largest absolute Gasteiger partial charge is 0.493 e. The summed E-state index contributed by atoms with van der Waals surface area (Å²) >= 11 is 0. The Labute approximate surface area is 166 Å². The third-order valence-corrected chi connectivity index (χ3v) is 4.18. The van der Waals surface area contributed by atoms with Crippen molar-refractivity contribution in [1.29, 1.82) is 0 Å². The molecular weight excluding hydrogens is 374 g/mol. The highest BCUT2D eigenvalue weighted by atomic mass is 16.5. The Morgan fingerprint density at radius 3 is 2.59 bits per heavy atom. The third kappa shape index (κ3) is 3.81. The first-order valence-corrected chi connectivity index (χ1v) is 8.69. The average molecular weight is 391 g/mol. The maximum atomic E-state index is 12.1. The van der Waals surface area contributed by atoms with Crippen molar-refractivity contribution >= 4 is 11.6 Å². The molecule has 8 nitrogen and oxygen atoms in total. The predicted octanol–water partition coefficient (Wildman–Crippen LogP) is 4.27. The number of amides is 1. The summed E-state index contributed by atoms with van der Waals surface area (Å²) in [5.74, 6) is 1.79. The molecule has 8 heteroatoms. The van der Waals surface area contributed by atoms with Gasteiger partial charge >= 0.3 is 0 Å².